The second-order valence-corrected chi connectivity index (χ2v) is 7.30. The van der Waals surface area contributed by atoms with Crippen LogP contribution < -0.4 is 0 Å². The number of benzene rings is 1. The van der Waals surface area contributed by atoms with Crippen LogP contribution in [0.3, 0.4) is 0 Å². The number of carbonyl (C=O) groups is 2. The summed E-state index contributed by atoms with van der Waals surface area (Å²) < 4.78 is 1.83. The molecule has 0 unspecified atom stereocenters. The molecule has 27 heavy (non-hydrogen) atoms. The van der Waals surface area contributed by atoms with Crippen LogP contribution in [0.25, 0.3) is 5.57 Å². The summed E-state index contributed by atoms with van der Waals surface area (Å²) in [6.45, 7) is 0.448. The van der Waals surface area contributed by atoms with Gasteiger partial charge in [-0.15, -0.1) is 0 Å². The van der Waals surface area contributed by atoms with Crippen molar-refractivity contribution in [1.29, 1.82) is 0 Å². The van der Waals surface area contributed by atoms with Crippen LogP contribution in [-0.2, 0) is 22.6 Å². The van der Waals surface area contributed by atoms with Gasteiger partial charge in [-0.05, 0) is 54.5 Å². The Hall–Kier alpha value is -2.31. The van der Waals surface area contributed by atoms with Gasteiger partial charge < -0.3 is 10.2 Å². The molecule has 2 N–H and O–H groups in total. The lowest BCUT2D eigenvalue weighted by Gasteiger charge is -2.19. The topological polar surface area (TPSA) is 92.4 Å². The number of nitrogens with zero attached hydrogens (tertiary/aromatic N) is 2. The van der Waals surface area contributed by atoms with Gasteiger partial charge in [-0.1, -0.05) is 35.3 Å². The molecule has 1 aromatic carbocycles. The van der Waals surface area contributed by atoms with Crippen molar-refractivity contribution in [3.63, 3.8) is 0 Å². The molecule has 1 aromatic heterocycles. The molecule has 0 bridgehead atoms. The molecule has 0 radical (unpaired) electrons. The van der Waals surface area contributed by atoms with E-state index in [0.717, 1.165) is 41.7 Å². The molecular formula is C19H18Cl2N2O4. The van der Waals surface area contributed by atoms with Gasteiger partial charge in [0.2, 0.25) is 0 Å². The summed E-state index contributed by atoms with van der Waals surface area (Å²) in [5.41, 5.74) is 3.78. The maximum atomic E-state index is 11.1. The first kappa shape index (κ1) is 19.5. The number of carboxylic acids is 2. The first-order valence-electron chi connectivity index (χ1n) is 8.50. The SMILES string of the molecule is O=C(O)C(C/C=C1\CCCc2cnn(Cc3ccc(Cl)cc3Cl)c21)C(=O)O. The summed E-state index contributed by atoms with van der Waals surface area (Å²) >= 11 is 12.2. The zero-order valence-corrected chi connectivity index (χ0v) is 15.9. The predicted octanol–water partition coefficient (Wildman–Crippen LogP) is 4.13. The van der Waals surface area contributed by atoms with Crippen molar-refractivity contribution in [2.24, 2.45) is 5.92 Å². The monoisotopic (exact) mass is 408 g/mol. The normalized spacial score (nSPS) is 15.1. The fourth-order valence-corrected chi connectivity index (χ4v) is 3.73. The third-order valence-electron chi connectivity index (χ3n) is 4.64. The number of hydrogen-bond acceptors (Lipinski definition) is 3. The molecule has 0 saturated heterocycles. The molecule has 1 aliphatic carbocycles. The van der Waals surface area contributed by atoms with E-state index < -0.39 is 17.9 Å². The Labute approximate surface area is 166 Å². The Morgan fingerprint density at radius 2 is 1.96 bits per heavy atom. The molecule has 0 aliphatic heterocycles. The van der Waals surface area contributed by atoms with E-state index in [9.17, 15) is 9.59 Å². The van der Waals surface area contributed by atoms with E-state index in [0.29, 0.717) is 16.6 Å². The highest BCUT2D eigenvalue weighted by Gasteiger charge is 2.26. The number of aryl methyl sites for hydroxylation is 1. The number of allylic oxidation sites excluding steroid dienone is 2. The third kappa shape index (κ3) is 4.34. The van der Waals surface area contributed by atoms with Crippen molar-refractivity contribution >= 4 is 40.7 Å². The lowest BCUT2D eigenvalue weighted by molar-refractivity contribution is -0.154. The summed E-state index contributed by atoms with van der Waals surface area (Å²) in [5.74, 6) is -4.13. The van der Waals surface area contributed by atoms with E-state index in [1.54, 1.807) is 24.4 Å². The van der Waals surface area contributed by atoms with Gasteiger partial charge in [-0.25, -0.2) is 0 Å². The van der Waals surface area contributed by atoms with E-state index in [-0.39, 0.29) is 6.42 Å². The summed E-state index contributed by atoms with van der Waals surface area (Å²) in [6.07, 6.45) is 6.00. The molecule has 1 aliphatic rings. The maximum Gasteiger partial charge on any atom is 0.318 e. The van der Waals surface area contributed by atoms with Gasteiger partial charge >= 0.3 is 11.9 Å². The summed E-state index contributed by atoms with van der Waals surface area (Å²) in [4.78, 5) is 22.3. The van der Waals surface area contributed by atoms with Crippen LogP contribution in [0.15, 0.2) is 30.5 Å². The Balaban J connectivity index is 1.90. The summed E-state index contributed by atoms with van der Waals surface area (Å²) in [5, 5.41) is 23.7. The number of hydrogen-bond donors (Lipinski definition) is 2. The number of aliphatic carboxylic acids is 2. The summed E-state index contributed by atoms with van der Waals surface area (Å²) in [6, 6.07) is 5.28. The van der Waals surface area contributed by atoms with Crippen LogP contribution in [0, 0.1) is 5.92 Å². The van der Waals surface area contributed by atoms with Gasteiger partial charge in [-0.2, -0.15) is 5.10 Å². The van der Waals surface area contributed by atoms with E-state index in [2.05, 4.69) is 5.10 Å². The molecule has 2 aromatic rings. The van der Waals surface area contributed by atoms with Gasteiger partial charge in [-0.3, -0.25) is 14.3 Å². The quantitative estimate of drug-likeness (QED) is 0.700. The molecule has 142 valence electrons. The average molecular weight is 409 g/mol. The fraction of sp³-hybridized carbons (Fsp3) is 0.316. The van der Waals surface area contributed by atoms with E-state index in [1.165, 1.54) is 0 Å². The van der Waals surface area contributed by atoms with Gasteiger partial charge in [0.25, 0.3) is 0 Å². The third-order valence-corrected chi connectivity index (χ3v) is 5.23. The van der Waals surface area contributed by atoms with Crippen molar-refractivity contribution < 1.29 is 19.8 Å². The molecule has 8 heteroatoms. The van der Waals surface area contributed by atoms with Gasteiger partial charge in [0.15, 0.2) is 5.92 Å². The lowest BCUT2D eigenvalue weighted by atomic mass is 9.91. The Morgan fingerprint density at radius 3 is 2.63 bits per heavy atom. The first-order valence-corrected chi connectivity index (χ1v) is 9.26. The lowest BCUT2D eigenvalue weighted by Crippen LogP contribution is -2.22. The fourth-order valence-electron chi connectivity index (χ4n) is 3.26. The molecule has 6 nitrogen and oxygen atoms in total. The van der Waals surface area contributed by atoms with Crippen molar-refractivity contribution in [1.82, 2.24) is 9.78 Å². The standard InChI is InChI=1S/C19H18Cl2N2O4/c20-14-6-4-13(16(21)8-14)10-23-17-11(2-1-3-12(17)9-22-23)5-7-15(18(24)25)19(26)27/h4-6,8-9,15H,1-3,7,10H2,(H,24,25)(H,26,27)/b11-5+. The minimum atomic E-state index is -1.45. The van der Waals surface area contributed by atoms with Gasteiger partial charge in [0.1, 0.15) is 0 Å². The molecule has 3 rings (SSSR count). The Bertz CT molecular complexity index is 906. The van der Waals surface area contributed by atoms with Crippen LogP contribution in [0.4, 0.5) is 0 Å². The van der Waals surface area contributed by atoms with Crippen molar-refractivity contribution in [3.8, 4) is 0 Å². The largest absolute Gasteiger partial charge is 0.481 e. The number of halogens is 2. The van der Waals surface area contributed by atoms with E-state index in [4.69, 9.17) is 33.4 Å². The highest BCUT2D eigenvalue weighted by molar-refractivity contribution is 6.35. The van der Waals surface area contributed by atoms with Crippen LogP contribution in [-0.4, -0.2) is 31.9 Å². The predicted molar refractivity (Wildman–Crippen MR) is 102 cm³/mol. The zero-order chi connectivity index (χ0) is 19.6. The maximum absolute atomic E-state index is 11.1. The molecule has 0 spiro atoms. The number of aromatic nitrogens is 2. The average Bonchev–Trinajstić information content (AvgIpc) is 3.01. The molecule has 1 heterocycles. The molecule has 0 fully saturated rings. The van der Waals surface area contributed by atoms with Crippen LogP contribution >= 0.6 is 23.2 Å². The minimum Gasteiger partial charge on any atom is -0.481 e. The van der Waals surface area contributed by atoms with E-state index in [1.807, 2.05) is 10.7 Å². The van der Waals surface area contributed by atoms with Crippen LogP contribution in [0.1, 0.15) is 36.1 Å². The first-order chi connectivity index (χ1) is 12.9. The van der Waals surface area contributed by atoms with Crippen LogP contribution in [0.2, 0.25) is 10.0 Å². The van der Waals surface area contributed by atoms with Crippen molar-refractivity contribution in [3.05, 3.63) is 57.3 Å². The van der Waals surface area contributed by atoms with Crippen molar-refractivity contribution in [2.75, 3.05) is 0 Å². The Morgan fingerprint density at radius 1 is 1.22 bits per heavy atom. The second kappa shape index (κ2) is 8.15. The van der Waals surface area contributed by atoms with Crippen LogP contribution in [0.5, 0.6) is 0 Å². The molecular weight excluding hydrogens is 391 g/mol. The molecule has 0 atom stereocenters. The zero-order valence-electron chi connectivity index (χ0n) is 14.4. The summed E-state index contributed by atoms with van der Waals surface area (Å²) in [7, 11) is 0. The highest BCUT2D eigenvalue weighted by Crippen LogP contribution is 2.32. The molecule has 0 amide bonds. The Kier molecular flexibility index (Phi) is 5.87. The second-order valence-electron chi connectivity index (χ2n) is 6.46. The van der Waals surface area contributed by atoms with Gasteiger partial charge in [0.05, 0.1) is 18.4 Å². The number of rotatable bonds is 6. The van der Waals surface area contributed by atoms with Crippen molar-refractivity contribution in [2.45, 2.75) is 32.2 Å². The van der Waals surface area contributed by atoms with E-state index >= 15 is 0 Å². The number of carboxylic acid groups (broad SMARTS) is 2. The molecule has 0 saturated carbocycles. The van der Waals surface area contributed by atoms with Gasteiger partial charge in [0, 0.05) is 10.0 Å². The smallest absolute Gasteiger partial charge is 0.318 e. The highest BCUT2D eigenvalue weighted by atomic mass is 35.5. The minimum absolute atomic E-state index is 0.0632. The number of fused-ring (bicyclic) bond motifs is 1.